The van der Waals surface area contributed by atoms with Gasteiger partial charge in [0.15, 0.2) is 0 Å². The van der Waals surface area contributed by atoms with Crippen LogP contribution in [-0.4, -0.2) is 6.04 Å². The highest BCUT2D eigenvalue weighted by molar-refractivity contribution is 5.26. The van der Waals surface area contributed by atoms with E-state index in [2.05, 4.69) is 0 Å². The van der Waals surface area contributed by atoms with Crippen molar-refractivity contribution in [2.45, 2.75) is 25.1 Å². The summed E-state index contributed by atoms with van der Waals surface area (Å²) >= 11 is 0. The Morgan fingerprint density at radius 3 is 2.10 bits per heavy atom. The van der Waals surface area contributed by atoms with Gasteiger partial charge in [0.2, 0.25) is 0 Å². The van der Waals surface area contributed by atoms with Crippen molar-refractivity contribution in [3.8, 4) is 0 Å². The van der Waals surface area contributed by atoms with Gasteiger partial charge in [-0.25, -0.2) is 4.39 Å². The summed E-state index contributed by atoms with van der Waals surface area (Å²) in [5.41, 5.74) is 6.47. The Morgan fingerprint density at radius 2 is 1.52 bits per heavy atom. The van der Waals surface area contributed by atoms with E-state index in [4.69, 9.17) is 5.73 Å². The lowest BCUT2D eigenvalue weighted by atomic mass is 9.99. The van der Waals surface area contributed by atoms with E-state index >= 15 is 0 Å². The first-order valence-corrected chi connectivity index (χ1v) is 6.51. The predicted octanol–water partition coefficient (Wildman–Crippen LogP) is 3.96. The third-order valence-electron chi connectivity index (χ3n) is 3.22. The lowest BCUT2D eigenvalue weighted by molar-refractivity contribution is -0.137. The molecule has 0 amide bonds. The molecule has 0 saturated carbocycles. The number of nitrogens with two attached hydrogens (primary N) is 1. The maximum absolute atomic E-state index is 13.5. The molecule has 5 heteroatoms. The van der Waals surface area contributed by atoms with Gasteiger partial charge in [0, 0.05) is 6.04 Å². The van der Waals surface area contributed by atoms with Gasteiger partial charge in [0.05, 0.1) is 5.56 Å². The van der Waals surface area contributed by atoms with Crippen LogP contribution < -0.4 is 5.73 Å². The van der Waals surface area contributed by atoms with Crippen molar-refractivity contribution >= 4 is 0 Å². The standard InChI is InChI=1S/C16H15F4N/c17-15-4-2-1-3-12(15)10-14(21)9-11-5-7-13(8-6-11)16(18,19)20/h1-8,14H,9-10,21H2. The van der Waals surface area contributed by atoms with Crippen LogP contribution in [0.1, 0.15) is 16.7 Å². The molecule has 0 bridgehead atoms. The summed E-state index contributed by atoms with van der Waals surface area (Å²) in [7, 11) is 0. The fraction of sp³-hybridized carbons (Fsp3) is 0.250. The SMILES string of the molecule is NC(Cc1ccc(C(F)(F)F)cc1)Cc1ccccc1F. The van der Waals surface area contributed by atoms with Crippen molar-refractivity contribution in [1.82, 2.24) is 0 Å². The Hall–Kier alpha value is -1.88. The van der Waals surface area contributed by atoms with Crippen molar-refractivity contribution < 1.29 is 17.6 Å². The molecule has 21 heavy (non-hydrogen) atoms. The first-order chi connectivity index (χ1) is 9.86. The van der Waals surface area contributed by atoms with Crippen molar-refractivity contribution in [1.29, 1.82) is 0 Å². The van der Waals surface area contributed by atoms with E-state index in [9.17, 15) is 17.6 Å². The fourth-order valence-electron chi connectivity index (χ4n) is 2.15. The number of benzene rings is 2. The number of halogens is 4. The highest BCUT2D eigenvalue weighted by Crippen LogP contribution is 2.29. The highest BCUT2D eigenvalue weighted by Gasteiger charge is 2.29. The maximum atomic E-state index is 13.5. The number of hydrogen-bond acceptors (Lipinski definition) is 1. The van der Waals surface area contributed by atoms with Crippen molar-refractivity contribution in [3.05, 3.63) is 71.0 Å². The second-order valence-corrected chi connectivity index (χ2v) is 4.95. The molecule has 112 valence electrons. The normalized spacial score (nSPS) is 13.2. The van der Waals surface area contributed by atoms with Gasteiger partial charge in [0.1, 0.15) is 5.82 Å². The summed E-state index contributed by atoms with van der Waals surface area (Å²) < 4.78 is 50.8. The van der Waals surface area contributed by atoms with Crippen molar-refractivity contribution in [2.75, 3.05) is 0 Å². The second kappa shape index (κ2) is 6.26. The molecule has 0 spiro atoms. The van der Waals surface area contributed by atoms with Crippen molar-refractivity contribution in [2.24, 2.45) is 5.73 Å². The Bertz CT molecular complexity index is 590. The summed E-state index contributed by atoms with van der Waals surface area (Å²) in [6.45, 7) is 0. The molecule has 2 N–H and O–H groups in total. The van der Waals surface area contributed by atoms with Gasteiger partial charge in [0.25, 0.3) is 0 Å². The lowest BCUT2D eigenvalue weighted by Gasteiger charge is -2.13. The molecule has 1 nitrogen and oxygen atoms in total. The van der Waals surface area contributed by atoms with Gasteiger partial charge in [-0.3, -0.25) is 0 Å². The molecule has 2 rings (SSSR count). The molecule has 0 radical (unpaired) electrons. The quantitative estimate of drug-likeness (QED) is 0.849. The van der Waals surface area contributed by atoms with Gasteiger partial charge >= 0.3 is 6.18 Å². The molecule has 0 fully saturated rings. The molecule has 0 aliphatic heterocycles. The Morgan fingerprint density at radius 1 is 0.905 bits per heavy atom. The van der Waals surface area contributed by atoms with Gasteiger partial charge in [-0.05, 0) is 42.2 Å². The van der Waals surface area contributed by atoms with E-state index in [1.807, 2.05) is 0 Å². The minimum Gasteiger partial charge on any atom is -0.327 e. The first-order valence-electron chi connectivity index (χ1n) is 6.51. The zero-order chi connectivity index (χ0) is 15.5. The summed E-state index contributed by atoms with van der Waals surface area (Å²) in [5, 5.41) is 0. The van der Waals surface area contributed by atoms with Crippen molar-refractivity contribution in [3.63, 3.8) is 0 Å². The molecule has 0 aromatic heterocycles. The van der Waals surface area contributed by atoms with E-state index in [-0.39, 0.29) is 11.9 Å². The van der Waals surface area contributed by atoms with Crippen LogP contribution in [0.4, 0.5) is 17.6 Å². The van der Waals surface area contributed by atoms with E-state index in [0.29, 0.717) is 24.0 Å². The molecule has 0 aliphatic carbocycles. The Labute approximate surface area is 120 Å². The molecule has 0 saturated heterocycles. The topological polar surface area (TPSA) is 26.0 Å². The van der Waals surface area contributed by atoms with Crippen LogP contribution in [0.5, 0.6) is 0 Å². The highest BCUT2D eigenvalue weighted by atomic mass is 19.4. The van der Waals surface area contributed by atoms with Gasteiger partial charge in [-0.2, -0.15) is 13.2 Å². The van der Waals surface area contributed by atoms with Crippen LogP contribution in [0.3, 0.4) is 0 Å². The largest absolute Gasteiger partial charge is 0.416 e. The average Bonchev–Trinajstić information content (AvgIpc) is 2.41. The molecular weight excluding hydrogens is 282 g/mol. The first kappa shape index (κ1) is 15.5. The van der Waals surface area contributed by atoms with Crippen LogP contribution in [0, 0.1) is 5.82 Å². The van der Waals surface area contributed by atoms with Gasteiger partial charge < -0.3 is 5.73 Å². The lowest BCUT2D eigenvalue weighted by Crippen LogP contribution is -2.26. The molecule has 2 aromatic rings. The zero-order valence-electron chi connectivity index (χ0n) is 11.2. The fourth-order valence-corrected chi connectivity index (χ4v) is 2.15. The third-order valence-corrected chi connectivity index (χ3v) is 3.22. The third kappa shape index (κ3) is 4.29. The number of rotatable bonds is 4. The molecule has 2 aromatic carbocycles. The molecule has 0 heterocycles. The van der Waals surface area contributed by atoms with Gasteiger partial charge in [-0.1, -0.05) is 30.3 Å². The predicted molar refractivity (Wildman–Crippen MR) is 73.2 cm³/mol. The van der Waals surface area contributed by atoms with Crippen LogP contribution in [-0.2, 0) is 19.0 Å². The van der Waals surface area contributed by atoms with Crippen LogP contribution >= 0.6 is 0 Å². The minimum absolute atomic E-state index is 0.319. The average molecular weight is 297 g/mol. The molecule has 1 unspecified atom stereocenters. The summed E-state index contributed by atoms with van der Waals surface area (Å²) in [4.78, 5) is 0. The Kier molecular flexibility index (Phi) is 4.63. The zero-order valence-corrected chi connectivity index (χ0v) is 11.2. The minimum atomic E-state index is -4.34. The van der Waals surface area contributed by atoms with Crippen LogP contribution in [0.25, 0.3) is 0 Å². The summed E-state index contributed by atoms with van der Waals surface area (Å²) in [6, 6.07) is 10.9. The number of hydrogen-bond donors (Lipinski definition) is 1. The van der Waals surface area contributed by atoms with Crippen LogP contribution in [0.15, 0.2) is 48.5 Å². The van der Waals surface area contributed by atoms with Crippen LogP contribution in [0.2, 0.25) is 0 Å². The van der Waals surface area contributed by atoms with E-state index in [0.717, 1.165) is 12.1 Å². The number of alkyl halides is 3. The smallest absolute Gasteiger partial charge is 0.327 e. The summed E-state index contributed by atoms with van der Waals surface area (Å²) in [6.07, 6.45) is -3.60. The molecule has 0 aliphatic rings. The molecule has 1 atom stereocenters. The van der Waals surface area contributed by atoms with Gasteiger partial charge in [-0.15, -0.1) is 0 Å². The second-order valence-electron chi connectivity index (χ2n) is 4.95. The maximum Gasteiger partial charge on any atom is 0.416 e. The van der Waals surface area contributed by atoms with E-state index in [1.165, 1.54) is 18.2 Å². The molecular formula is C16H15F4N. The summed E-state index contributed by atoms with van der Waals surface area (Å²) in [5.74, 6) is -0.319. The van der Waals surface area contributed by atoms with E-state index < -0.39 is 11.7 Å². The monoisotopic (exact) mass is 297 g/mol. The Balaban J connectivity index is 2.00. The van der Waals surface area contributed by atoms with E-state index in [1.54, 1.807) is 18.2 Å².